The van der Waals surface area contributed by atoms with Crippen LogP contribution < -0.4 is 20.1 Å². The van der Waals surface area contributed by atoms with Crippen LogP contribution in [0, 0.1) is 11.3 Å². The average molecular weight is 481 g/mol. The molecule has 36 heavy (non-hydrogen) atoms. The predicted octanol–water partition coefficient (Wildman–Crippen LogP) is 3.49. The number of ether oxygens (including phenoxy) is 2. The van der Waals surface area contributed by atoms with Crippen LogP contribution in [0.4, 0.5) is 0 Å². The van der Waals surface area contributed by atoms with E-state index in [4.69, 9.17) is 9.47 Å². The molecule has 4 rings (SSSR count). The Morgan fingerprint density at radius 1 is 0.889 bits per heavy atom. The third kappa shape index (κ3) is 5.26. The van der Waals surface area contributed by atoms with Crippen LogP contribution >= 0.6 is 0 Å². The van der Waals surface area contributed by atoms with Gasteiger partial charge in [-0.3, -0.25) is 9.59 Å². The van der Waals surface area contributed by atoms with E-state index >= 15 is 0 Å². The summed E-state index contributed by atoms with van der Waals surface area (Å²) in [6.45, 7) is 0.343. The summed E-state index contributed by atoms with van der Waals surface area (Å²) < 4.78 is 10.3. The van der Waals surface area contributed by atoms with Gasteiger partial charge in [0.2, 0.25) is 0 Å². The second-order valence-electron chi connectivity index (χ2n) is 7.88. The number of fused-ring (bicyclic) bond motifs is 1. The molecule has 0 saturated heterocycles. The number of hydrogen-bond acceptors (Lipinski definition) is 6. The highest BCUT2D eigenvalue weighted by Gasteiger charge is 2.27. The number of carbonyl (C=O) groups is 2. The van der Waals surface area contributed by atoms with E-state index in [-0.39, 0.29) is 23.0 Å². The zero-order valence-electron chi connectivity index (χ0n) is 19.9. The molecule has 0 saturated carbocycles. The van der Waals surface area contributed by atoms with Crippen LogP contribution in [0.3, 0.4) is 0 Å². The number of aliphatic imine (C=N–C) groups is 1. The van der Waals surface area contributed by atoms with Gasteiger partial charge in [-0.2, -0.15) is 5.26 Å². The minimum Gasteiger partial charge on any atom is -0.497 e. The van der Waals surface area contributed by atoms with E-state index in [0.717, 1.165) is 11.3 Å². The van der Waals surface area contributed by atoms with Crippen molar-refractivity contribution in [2.75, 3.05) is 20.8 Å². The molecule has 0 bridgehead atoms. The third-order valence-corrected chi connectivity index (χ3v) is 5.68. The molecular weight excluding hydrogens is 456 g/mol. The molecule has 0 spiro atoms. The van der Waals surface area contributed by atoms with Gasteiger partial charge in [0, 0.05) is 23.2 Å². The first-order valence-electron chi connectivity index (χ1n) is 11.2. The number of amides is 2. The van der Waals surface area contributed by atoms with Crippen LogP contribution in [0.15, 0.2) is 83.4 Å². The minimum absolute atomic E-state index is 0.120. The van der Waals surface area contributed by atoms with Crippen LogP contribution in [0.2, 0.25) is 0 Å². The van der Waals surface area contributed by atoms with Gasteiger partial charge < -0.3 is 20.1 Å². The van der Waals surface area contributed by atoms with E-state index in [0.29, 0.717) is 35.4 Å². The Kier molecular flexibility index (Phi) is 7.42. The van der Waals surface area contributed by atoms with Gasteiger partial charge in [-0.1, -0.05) is 36.4 Å². The molecule has 180 valence electrons. The van der Waals surface area contributed by atoms with Gasteiger partial charge in [0.1, 0.15) is 29.0 Å². The summed E-state index contributed by atoms with van der Waals surface area (Å²) in [5.41, 5.74) is 2.78. The molecule has 0 aliphatic carbocycles. The molecule has 3 aromatic carbocycles. The highest BCUT2D eigenvalue weighted by atomic mass is 16.5. The Balaban J connectivity index is 1.52. The van der Waals surface area contributed by atoms with Crippen molar-refractivity contribution in [3.8, 4) is 17.6 Å². The van der Waals surface area contributed by atoms with E-state index in [9.17, 15) is 14.9 Å². The minimum atomic E-state index is -0.526. The zero-order chi connectivity index (χ0) is 25.5. The van der Waals surface area contributed by atoms with Crippen LogP contribution in [0.25, 0.3) is 5.70 Å². The fraction of sp³-hybridized carbons (Fsp3) is 0.143. The Hall–Kier alpha value is -4.90. The molecular formula is C28H24N4O4. The van der Waals surface area contributed by atoms with Crippen molar-refractivity contribution >= 4 is 23.3 Å². The summed E-state index contributed by atoms with van der Waals surface area (Å²) in [4.78, 5) is 30.2. The lowest BCUT2D eigenvalue weighted by molar-refractivity contribution is -0.117. The largest absolute Gasteiger partial charge is 0.497 e. The summed E-state index contributed by atoms with van der Waals surface area (Å²) in [6.07, 6.45) is 0.590. The Bertz CT molecular complexity index is 1380. The van der Waals surface area contributed by atoms with Crippen molar-refractivity contribution in [2.24, 2.45) is 4.99 Å². The van der Waals surface area contributed by atoms with E-state index in [1.54, 1.807) is 62.8 Å². The second-order valence-corrected chi connectivity index (χ2v) is 7.88. The van der Waals surface area contributed by atoms with Crippen LogP contribution in [0.1, 0.15) is 27.0 Å². The normalized spacial score (nSPS) is 13.1. The van der Waals surface area contributed by atoms with Gasteiger partial charge in [0.25, 0.3) is 11.8 Å². The molecule has 8 heteroatoms. The first-order valence-corrected chi connectivity index (χ1v) is 11.2. The number of nitrogens with zero attached hydrogens (tertiary/aromatic N) is 2. The molecule has 0 fully saturated rings. The van der Waals surface area contributed by atoms with E-state index < -0.39 is 5.91 Å². The lowest BCUT2D eigenvalue weighted by Gasteiger charge is -2.07. The number of methoxy groups -OCH3 is 2. The molecule has 1 aliphatic rings. The number of amidine groups is 1. The quantitative estimate of drug-likeness (QED) is 0.397. The van der Waals surface area contributed by atoms with E-state index in [1.165, 1.54) is 0 Å². The van der Waals surface area contributed by atoms with Crippen LogP contribution in [-0.4, -0.2) is 38.4 Å². The van der Waals surface area contributed by atoms with Gasteiger partial charge in [-0.15, -0.1) is 0 Å². The van der Waals surface area contributed by atoms with Crippen molar-refractivity contribution in [1.82, 2.24) is 10.6 Å². The third-order valence-electron chi connectivity index (χ3n) is 5.68. The van der Waals surface area contributed by atoms with Gasteiger partial charge in [-0.05, 0) is 48.4 Å². The molecule has 0 atom stereocenters. The SMILES string of the molecule is COc1ccc(CCNC(=O)C(C#N)=C2N=C(NC(=O)c3ccc(OC)cc3)c3ccccc32)cc1. The first-order chi connectivity index (χ1) is 17.5. The molecule has 8 nitrogen and oxygen atoms in total. The molecule has 3 aromatic rings. The fourth-order valence-electron chi connectivity index (χ4n) is 3.75. The Morgan fingerprint density at radius 2 is 1.50 bits per heavy atom. The highest BCUT2D eigenvalue weighted by molar-refractivity contribution is 6.20. The molecule has 0 radical (unpaired) electrons. The first kappa shape index (κ1) is 24.2. The molecule has 2 amide bonds. The maximum atomic E-state index is 12.9. The lowest BCUT2D eigenvalue weighted by atomic mass is 10.0. The maximum absolute atomic E-state index is 12.9. The number of carbonyl (C=O) groups excluding carboxylic acids is 2. The Labute approximate surface area is 208 Å². The van der Waals surface area contributed by atoms with E-state index in [1.807, 2.05) is 30.3 Å². The van der Waals surface area contributed by atoms with Gasteiger partial charge in [0.05, 0.1) is 19.9 Å². The molecule has 0 unspecified atom stereocenters. The Morgan fingerprint density at radius 3 is 2.11 bits per heavy atom. The number of hydrogen-bond donors (Lipinski definition) is 2. The molecule has 1 aliphatic heterocycles. The smallest absolute Gasteiger partial charge is 0.264 e. The van der Waals surface area contributed by atoms with Crippen LogP contribution in [-0.2, 0) is 11.2 Å². The van der Waals surface area contributed by atoms with Crippen molar-refractivity contribution < 1.29 is 19.1 Å². The fourth-order valence-corrected chi connectivity index (χ4v) is 3.75. The number of benzene rings is 3. The van der Waals surface area contributed by atoms with Gasteiger partial charge in [0.15, 0.2) is 0 Å². The summed E-state index contributed by atoms with van der Waals surface area (Å²) in [5.74, 6) is 0.779. The number of nitriles is 1. The summed E-state index contributed by atoms with van der Waals surface area (Å²) in [5, 5.41) is 15.4. The lowest BCUT2D eigenvalue weighted by Crippen LogP contribution is -2.30. The summed E-state index contributed by atoms with van der Waals surface area (Å²) in [7, 11) is 3.15. The van der Waals surface area contributed by atoms with Crippen molar-refractivity contribution in [2.45, 2.75) is 6.42 Å². The summed E-state index contributed by atoms with van der Waals surface area (Å²) >= 11 is 0. The van der Waals surface area contributed by atoms with E-state index in [2.05, 4.69) is 15.6 Å². The number of rotatable bonds is 7. The van der Waals surface area contributed by atoms with Crippen LogP contribution in [0.5, 0.6) is 11.5 Å². The second kappa shape index (κ2) is 11.0. The van der Waals surface area contributed by atoms with Gasteiger partial charge >= 0.3 is 0 Å². The maximum Gasteiger partial charge on any atom is 0.264 e. The molecule has 0 aromatic heterocycles. The van der Waals surface area contributed by atoms with Crippen molar-refractivity contribution in [3.05, 3.63) is 101 Å². The average Bonchev–Trinajstić information content (AvgIpc) is 3.27. The number of nitrogens with one attached hydrogen (secondary N) is 2. The molecule has 1 heterocycles. The van der Waals surface area contributed by atoms with Crippen molar-refractivity contribution in [1.29, 1.82) is 5.26 Å². The van der Waals surface area contributed by atoms with Crippen molar-refractivity contribution in [3.63, 3.8) is 0 Å². The molecule has 2 N–H and O–H groups in total. The zero-order valence-corrected chi connectivity index (χ0v) is 19.9. The monoisotopic (exact) mass is 480 g/mol. The predicted molar refractivity (Wildman–Crippen MR) is 136 cm³/mol. The highest BCUT2D eigenvalue weighted by Crippen LogP contribution is 2.30. The summed E-state index contributed by atoms with van der Waals surface area (Å²) in [6, 6.07) is 23.3. The van der Waals surface area contributed by atoms with Gasteiger partial charge in [-0.25, -0.2) is 4.99 Å². The topological polar surface area (TPSA) is 113 Å². The standard InChI is InChI=1S/C28H24N4O4/c1-35-20-11-7-18(8-12-20)15-16-30-28(34)24(17-29)25-22-5-3-4-6-23(22)26(31-25)32-27(33)19-9-13-21(36-2)14-10-19/h3-14H,15-16H2,1-2H3,(H,30,34)(H,31,32,33).